The van der Waals surface area contributed by atoms with Gasteiger partial charge in [-0.1, -0.05) is 11.6 Å². The first-order chi connectivity index (χ1) is 13.4. The first-order valence-electron chi connectivity index (χ1n) is 9.04. The minimum atomic E-state index is -2.92. The van der Waals surface area contributed by atoms with Gasteiger partial charge in [0.2, 0.25) is 0 Å². The van der Waals surface area contributed by atoms with Crippen LogP contribution in [0.3, 0.4) is 0 Å². The number of amides is 1. The van der Waals surface area contributed by atoms with Crippen LogP contribution in [0.4, 0.5) is 13.6 Å². The number of nitrogens with one attached hydrogen (secondary N) is 2. The Labute approximate surface area is 191 Å². The molecule has 0 bridgehead atoms. The SMILES string of the molecule is CCNC(=NCc1cc(Cl)ccc1OC(F)F)NC1CCN(C(=O)OC)CC1.I. The van der Waals surface area contributed by atoms with Gasteiger partial charge in [0.15, 0.2) is 5.96 Å². The van der Waals surface area contributed by atoms with Crippen LogP contribution in [0, 0.1) is 0 Å². The van der Waals surface area contributed by atoms with Crippen LogP contribution in [0.15, 0.2) is 23.2 Å². The van der Waals surface area contributed by atoms with Crippen molar-refractivity contribution in [2.45, 2.75) is 39.0 Å². The van der Waals surface area contributed by atoms with Gasteiger partial charge in [-0.2, -0.15) is 8.78 Å². The van der Waals surface area contributed by atoms with Gasteiger partial charge < -0.3 is 25.0 Å². The Kier molecular flexibility index (Phi) is 11.3. The lowest BCUT2D eigenvalue weighted by Crippen LogP contribution is -2.49. The molecule has 1 aromatic carbocycles. The van der Waals surface area contributed by atoms with Gasteiger partial charge in [0.05, 0.1) is 13.7 Å². The second-order valence-electron chi connectivity index (χ2n) is 6.20. The standard InChI is InChI=1S/C18H25ClF2N4O3.HI/c1-3-22-17(24-14-6-8-25(9-7-14)18(26)27-2)23-11-12-10-13(19)4-5-15(12)28-16(20)21;/h4-5,10,14,16H,3,6-9,11H2,1-2H3,(H2,22,23,24);1H. The molecule has 0 unspecified atom stereocenters. The van der Waals surface area contributed by atoms with Gasteiger partial charge in [-0.05, 0) is 38.0 Å². The molecule has 1 aliphatic rings. The number of guanidine groups is 1. The van der Waals surface area contributed by atoms with E-state index in [1.54, 1.807) is 11.0 Å². The number of benzene rings is 1. The number of methoxy groups -OCH3 is 1. The van der Waals surface area contributed by atoms with Crippen molar-refractivity contribution >= 4 is 47.6 Å². The van der Waals surface area contributed by atoms with Crippen LogP contribution in [0.5, 0.6) is 5.75 Å². The van der Waals surface area contributed by atoms with Crippen molar-refractivity contribution in [3.63, 3.8) is 0 Å². The number of carbonyl (C=O) groups excluding carboxylic acids is 1. The van der Waals surface area contributed by atoms with Crippen LogP contribution in [0.2, 0.25) is 5.02 Å². The van der Waals surface area contributed by atoms with Gasteiger partial charge in [0.1, 0.15) is 5.75 Å². The molecule has 0 atom stereocenters. The first-order valence-corrected chi connectivity index (χ1v) is 9.41. The molecular formula is C18H26ClF2IN4O3. The van der Waals surface area contributed by atoms with Crippen molar-refractivity contribution in [1.29, 1.82) is 0 Å². The van der Waals surface area contributed by atoms with Gasteiger partial charge >= 0.3 is 12.7 Å². The van der Waals surface area contributed by atoms with E-state index in [1.807, 2.05) is 6.92 Å². The topological polar surface area (TPSA) is 75.2 Å². The van der Waals surface area contributed by atoms with E-state index >= 15 is 0 Å². The molecule has 2 N–H and O–H groups in total. The molecular weight excluding hydrogens is 521 g/mol. The number of hydrogen-bond donors (Lipinski definition) is 2. The number of likely N-dealkylation sites (tertiary alicyclic amines) is 1. The van der Waals surface area contributed by atoms with Crippen molar-refractivity contribution in [3.05, 3.63) is 28.8 Å². The third-order valence-electron chi connectivity index (χ3n) is 4.26. The largest absolute Gasteiger partial charge is 0.453 e. The number of carbonyl (C=O) groups is 1. The summed E-state index contributed by atoms with van der Waals surface area (Å²) in [5.41, 5.74) is 0.463. The summed E-state index contributed by atoms with van der Waals surface area (Å²) < 4.78 is 34.5. The van der Waals surface area contributed by atoms with E-state index in [1.165, 1.54) is 19.2 Å². The average molecular weight is 547 g/mol. The Bertz CT molecular complexity index is 689. The Morgan fingerprint density at radius 2 is 2.07 bits per heavy atom. The minimum absolute atomic E-state index is 0. The van der Waals surface area contributed by atoms with Gasteiger partial charge in [-0.15, -0.1) is 24.0 Å². The van der Waals surface area contributed by atoms with Crippen LogP contribution in [-0.2, 0) is 11.3 Å². The van der Waals surface area contributed by atoms with Gasteiger partial charge in [-0.25, -0.2) is 9.79 Å². The third-order valence-corrected chi connectivity index (χ3v) is 4.49. The predicted octanol–water partition coefficient (Wildman–Crippen LogP) is 3.85. The monoisotopic (exact) mass is 546 g/mol. The second-order valence-corrected chi connectivity index (χ2v) is 6.64. The highest BCUT2D eigenvalue weighted by Gasteiger charge is 2.23. The summed E-state index contributed by atoms with van der Waals surface area (Å²) >= 11 is 5.97. The third kappa shape index (κ3) is 8.37. The Balaban J connectivity index is 0.00000420. The zero-order chi connectivity index (χ0) is 20.5. The fourth-order valence-corrected chi connectivity index (χ4v) is 3.09. The van der Waals surface area contributed by atoms with E-state index in [4.69, 9.17) is 16.3 Å². The number of piperidine rings is 1. The van der Waals surface area contributed by atoms with Crippen LogP contribution < -0.4 is 15.4 Å². The van der Waals surface area contributed by atoms with Crippen LogP contribution in [-0.4, -0.2) is 56.4 Å². The molecule has 29 heavy (non-hydrogen) atoms. The molecule has 11 heteroatoms. The Morgan fingerprint density at radius 3 is 2.66 bits per heavy atom. The maximum atomic E-state index is 12.6. The van der Waals surface area contributed by atoms with Crippen molar-refractivity contribution in [2.75, 3.05) is 26.7 Å². The van der Waals surface area contributed by atoms with Crippen molar-refractivity contribution in [1.82, 2.24) is 15.5 Å². The summed E-state index contributed by atoms with van der Waals surface area (Å²) in [7, 11) is 1.37. The summed E-state index contributed by atoms with van der Waals surface area (Å²) in [5, 5.41) is 6.87. The molecule has 164 valence electrons. The van der Waals surface area contributed by atoms with Crippen molar-refractivity contribution in [2.24, 2.45) is 4.99 Å². The summed E-state index contributed by atoms with van der Waals surface area (Å²) in [6, 6.07) is 4.59. The van der Waals surface area contributed by atoms with E-state index in [0.29, 0.717) is 36.2 Å². The molecule has 7 nitrogen and oxygen atoms in total. The molecule has 1 aromatic rings. The molecule has 1 saturated heterocycles. The van der Waals surface area contributed by atoms with E-state index in [-0.39, 0.29) is 48.4 Å². The van der Waals surface area contributed by atoms with E-state index in [9.17, 15) is 13.6 Å². The molecule has 0 saturated carbocycles. The first kappa shape index (κ1) is 25.5. The fraction of sp³-hybridized carbons (Fsp3) is 0.556. The van der Waals surface area contributed by atoms with Gasteiger partial charge in [-0.3, -0.25) is 0 Å². The van der Waals surface area contributed by atoms with Crippen LogP contribution >= 0.6 is 35.6 Å². The van der Waals surface area contributed by atoms with Gasteiger partial charge in [0.25, 0.3) is 0 Å². The smallest absolute Gasteiger partial charge is 0.409 e. The lowest BCUT2D eigenvalue weighted by atomic mass is 10.1. The number of ether oxygens (including phenoxy) is 2. The number of halogens is 4. The van der Waals surface area contributed by atoms with Crippen molar-refractivity contribution < 1.29 is 23.0 Å². The normalized spacial score (nSPS) is 15.0. The molecule has 1 aliphatic heterocycles. The van der Waals surface area contributed by atoms with Gasteiger partial charge in [0, 0.05) is 36.3 Å². The minimum Gasteiger partial charge on any atom is -0.453 e. The molecule has 0 spiro atoms. The van der Waals surface area contributed by atoms with E-state index in [2.05, 4.69) is 20.4 Å². The molecule has 0 aliphatic carbocycles. The second kappa shape index (κ2) is 12.9. The highest BCUT2D eigenvalue weighted by Crippen LogP contribution is 2.25. The maximum absolute atomic E-state index is 12.6. The predicted molar refractivity (Wildman–Crippen MR) is 118 cm³/mol. The molecule has 1 amide bonds. The summed E-state index contributed by atoms with van der Waals surface area (Å²) in [6.07, 6.45) is 1.17. The zero-order valence-electron chi connectivity index (χ0n) is 16.3. The van der Waals surface area contributed by atoms with Crippen molar-refractivity contribution in [3.8, 4) is 5.75 Å². The Morgan fingerprint density at radius 1 is 1.38 bits per heavy atom. The lowest BCUT2D eigenvalue weighted by Gasteiger charge is -2.32. The number of rotatable bonds is 6. The highest BCUT2D eigenvalue weighted by atomic mass is 127. The zero-order valence-corrected chi connectivity index (χ0v) is 19.4. The molecule has 2 rings (SSSR count). The maximum Gasteiger partial charge on any atom is 0.409 e. The number of aliphatic imine (C=N–C) groups is 1. The number of alkyl halides is 2. The molecule has 0 radical (unpaired) electrons. The highest BCUT2D eigenvalue weighted by molar-refractivity contribution is 14.0. The molecule has 1 fully saturated rings. The summed E-state index contributed by atoms with van der Waals surface area (Å²) in [5.74, 6) is 0.604. The average Bonchev–Trinajstić information content (AvgIpc) is 2.67. The number of hydrogen-bond acceptors (Lipinski definition) is 4. The Hall–Kier alpha value is -1.56. The van der Waals surface area contributed by atoms with Crippen LogP contribution in [0.25, 0.3) is 0 Å². The molecule has 0 aromatic heterocycles. The van der Waals surface area contributed by atoms with E-state index in [0.717, 1.165) is 12.8 Å². The van der Waals surface area contributed by atoms with Crippen LogP contribution in [0.1, 0.15) is 25.3 Å². The fourth-order valence-electron chi connectivity index (χ4n) is 2.90. The summed E-state index contributed by atoms with van der Waals surface area (Å²) in [6.45, 7) is 0.952. The quantitative estimate of drug-likeness (QED) is 0.322. The summed E-state index contributed by atoms with van der Waals surface area (Å²) in [4.78, 5) is 17.7. The molecule has 1 heterocycles. The van der Waals surface area contributed by atoms with E-state index < -0.39 is 6.61 Å². The lowest BCUT2D eigenvalue weighted by molar-refractivity contribution is -0.0504. The number of nitrogens with zero attached hydrogens (tertiary/aromatic N) is 2.